The first-order chi connectivity index (χ1) is 10.8. The van der Waals surface area contributed by atoms with Crippen molar-refractivity contribution in [2.45, 2.75) is 19.4 Å². The Morgan fingerprint density at radius 1 is 1.14 bits per heavy atom. The Morgan fingerprint density at radius 2 is 1.91 bits per heavy atom. The summed E-state index contributed by atoms with van der Waals surface area (Å²) in [6.07, 6.45) is 3.78. The maximum Gasteiger partial charge on any atom is 0.278 e. The fraction of sp³-hybridized carbons (Fsp3) is 0.312. The van der Waals surface area contributed by atoms with Gasteiger partial charge in [-0.25, -0.2) is 9.97 Å². The van der Waals surface area contributed by atoms with Crippen molar-refractivity contribution in [1.29, 1.82) is 0 Å². The van der Waals surface area contributed by atoms with Crippen LogP contribution in [0.15, 0.2) is 41.5 Å². The van der Waals surface area contributed by atoms with Crippen LogP contribution in [0.5, 0.6) is 0 Å². The number of H-pyrrole nitrogens is 1. The molecule has 4 rings (SSSR count). The van der Waals surface area contributed by atoms with E-state index in [9.17, 15) is 4.79 Å². The Kier molecular flexibility index (Phi) is 3.14. The first-order valence-corrected chi connectivity index (χ1v) is 7.56. The van der Waals surface area contributed by atoms with E-state index in [4.69, 9.17) is 0 Å². The second-order valence-electron chi connectivity index (χ2n) is 5.58. The largest absolute Gasteiger partial charge is 0.342 e. The van der Waals surface area contributed by atoms with Gasteiger partial charge in [0.05, 0.1) is 12.9 Å². The molecule has 0 amide bonds. The van der Waals surface area contributed by atoms with Crippen molar-refractivity contribution in [2.75, 3.05) is 18.0 Å². The number of imidazole rings is 1. The highest BCUT2D eigenvalue weighted by molar-refractivity contribution is 5.73. The van der Waals surface area contributed by atoms with Gasteiger partial charge in [-0.3, -0.25) is 9.36 Å². The standard InChI is InChI=1S/C16H17N5O/c22-15-13-14(17-11-18-15)21(10-12-6-2-1-3-7-12)16(19-13)20-8-4-5-9-20/h1-3,6-7,11H,4-5,8-10H2,(H,17,18,22). The second kappa shape index (κ2) is 5.29. The molecule has 3 heterocycles. The molecule has 2 aromatic heterocycles. The van der Waals surface area contributed by atoms with E-state index in [2.05, 4.69) is 32.0 Å². The smallest absolute Gasteiger partial charge is 0.278 e. The summed E-state index contributed by atoms with van der Waals surface area (Å²) in [5, 5.41) is 0. The minimum Gasteiger partial charge on any atom is -0.342 e. The SMILES string of the molecule is O=c1[nH]cnc2c1nc(N1CCCC1)n2Cc1ccccc1. The molecule has 1 N–H and O–H groups in total. The number of benzene rings is 1. The lowest BCUT2D eigenvalue weighted by atomic mass is 10.2. The van der Waals surface area contributed by atoms with E-state index in [0.29, 0.717) is 17.7 Å². The zero-order chi connectivity index (χ0) is 14.9. The normalized spacial score (nSPS) is 14.8. The molecule has 22 heavy (non-hydrogen) atoms. The number of nitrogens with zero attached hydrogens (tertiary/aromatic N) is 4. The van der Waals surface area contributed by atoms with Crippen molar-refractivity contribution in [1.82, 2.24) is 19.5 Å². The van der Waals surface area contributed by atoms with E-state index in [1.54, 1.807) is 0 Å². The number of rotatable bonds is 3. The monoisotopic (exact) mass is 295 g/mol. The van der Waals surface area contributed by atoms with E-state index in [1.165, 1.54) is 24.7 Å². The summed E-state index contributed by atoms with van der Waals surface area (Å²) in [5.41, 5.74) is 2.05. The molecule has 0 saturated carbocycles. The lowest BCUT2D eigenvalue weighted by molar-refractivity contribution is 0.769. The predicted octanol–water partition coefficient (Wildman–Crippen LogP) is 1.77. The molecule has 0 spiro atoms. The molecule has 1 saturated heterocycles. The van der Waals surface area contributed by atoms with Crippen LogP contribution >= 0.6 is 0 Å². The van der Waals surface area contributed by atoms with Gasteiger partial charge < -0.3 is 9.88 Å². The van der Waals surface area contributed by atoms with Crippen LogP contribution < -0.4 is 10.5 Å². The van der Waals surface area contributed by atoms with Crippen LogP contribution in [0.3, 0.4) is 0 Å². The van der Waals surface area contributed by atoms with Gasteiger partial charge in [-0.15, -0.1) is 0 Å². The Hall–Kier alpha value is -2.63. The molecule has 0 atom stereocenters. The van der Waals surface area contributed by atoms with Gasteiger partial charge in [-0.05, 0) is 18.4 Å². The van der Waals surface area contributed by atoms with Gasteiger partial charge in [0.15, 0.2) is 11.2 Å². The number of aromatic nitrogens is 4. The fourth-order valence-electron chi connectivity index (χ4n) is 3.01. The summed E-state index contributed by atoms with van der Waals surface area (Å²) < 4.78 is 2.05. The lowest BCUT2D eigenvalue weighted by Gasteiger charge is -2.18. The molecule has 1 aliphatic heterocycles. The van der Waals surface area contributed by atoms with Crippen LogP contribution in [0, 0.1) is 0 Å². The van der Waals surface area contributed by atoms with Gasteiger partial charge in [0.1, 0.15) is 0 Å². The molecule has 0 radical (unpaired) electrons. The summed E-state index contributed by atoms with van der Waals surface area (Å²) in [6.45, 7) is 2.63. The molecule has 1 fully saturated rings. The predicted molar refractivity (Wildman–Crippen MR) is 85.1 cm³/mol. The van der Waals surface area contributed by atoms with Crippen LogP contribution in [0.2, 0.25) is 0 Å². The number of hydrogen-bond acceptors (Lipinski definition) is 4. The van der Waals surface area contributed by atoms with E-state index < -0.39 is 0 Å². The summed E-state index contributed by atoms with van der Waals surface area (Å²) >= 11 is 0. The number of aromatic amines is 1. The fourth-order valence-corrected chi connectivity index (χ4v) is 3.01. The quantitative estimate of drug-likeness (QED) is 0.799. The Balaban J connectivity index is 1.87. The third kappa shape index (κ3) is 2.16. The molecule has 0 bridgehead atoms. The van der Waals surface area contributed by atoms with Crippen LogP contribution in [0.1, 0.15) is 18.4 Å². The molecule has 1 aromatic carbocycles. The average molecular weight is 295 g/mol. The minimum absolute atomic E-state index is 0.183. The van der Waals surface area contributed by atoms with E-state index in [-0.39, 0.29) is 5.56 Å². The van der Waals surface area contributed by atoms with E-state index in [1.807, 2.05) is 22.8 Å². The number of anilines is 1. The third-order valence-corrected chi connectivity index (χ3v) is 4.09. The topological polar surface area (TPSA) is 66.8 Å². The summed E-state index contributed by atoms with van der Waals surface area (Å²) in [5.74, 6) is 0.848. The molecule has 1 aliphatic rings. The van der Waals surface area contributed by atoms with Crippen molar-refractivity contribution in [2.24, 2.45) is 0 Å². The Morgan fingerprint density at radius 3 is 2.68 bits per heavy atom. The molecule has 6 nitrogen and oxygen atoms in total. The van der Waals surface area contributed by atoms with Gasteiger partial charge in [-0.2, -0.15) is 0 Å². The molecule has 0 aliphatic carbocycles. The highest BCUT2D eigenvalue weighted by Crippen LogP contribution is 2.23. The Bertz CT molecular complexity index is 846. The van der Waals surface area contributed by atoms with Crippen LogP contribution in [-0.4, -0.2) is 32.6 Å². The maximum atomic E-state index is 12.0. The van der Waals surface area contributed by atoms with Gasteiger partial charge in [-0.1, -0.05) is 30.3 Å². The highest BCUT2D eigenvalue weighted by Gasteiger charge is 2.22. The zero-order valence-electron chi connectivity index (χ0n) is 12.2. The van der Waals surface area contributed by atoms with E-state index >= 15 is 0 Å². The van der Waals surface area contributed by atoms with Gasteiger partial charge in [0.2, 0.25) is 5.95 Å². The Labute approximate surface area is 127 Å². The third-order valence-electron chi connectivity index (χ3n) is 4.09. The van der Waals surface area contributed by atoms with Crippen molar-refractivity contribution in [3.63, 3.8) is 0 Å². The average Bonchev–Trinajstić information content (AvgIpc) is 3.17. The van der Waals surface area contributed by atoms with Crippen LogP contribution in [0.25, 0.3) is 11.2 Å². The number of nitrogens with one attached hydrogen (secondary N) is 1. The molecule has 112 valence electrons. The summed E-state index contributed by atoms with van der Waals surface area (Å²) in [7, 11) is 0. The zero-order valence-corrected chi connectivity index (χ0v) is 12.2. The lowest BCUT2D eigenvalue weighted by Crippen LogP contribution is -2.22. The summed E-state index contributed by atoms with van der Waals surface area (Å²) in [6, 6.07) is 10.2. The van der Waals surface area contributed by atoms with Gasteiger partial charge >= 0.3 is 0 Å². The molecular formula is C16H17N5O. The van der Waals surface area contributed by atoms with Crippen LogP contribution in [0.4, 0.5) is 5.95 Å². The number of hydrogen-bond donors (Lipinski definition) is 1. The molecule has 6 heteroatoms. The first kappa shape index (κ1) is 13.1. The van der Waals surface area contributed by atoms with Crippen molar-refractivity contribution in [3.05, 3.63) is 52.6 Å². The van der Waals surface area contributed by atoms with Gasteiger partial charge in [0.25, 0.3) is 5.56 Å². The van der Waals surface area contributed by atoms with Crippen molar-refractivity contribution in [3.8, 4) is 0 Å². The van der Waals surface area contributed by atoms with E-state index in [0.717, 1.165) is 19.0 Å². The minimum atomic E-state index is -0.183. The molecular weight excluding hydrogens is 278 g/mol. The highest BCUT2D eigenvalue weighted by atomic mass is 16.1. The molecule has 3 aromatic rings. The number of fused-ring (bicyclic) bond motifs is 1. The van der Waals surface area contributed by atoms with Crippen LogP contribution in [-0.2, 0) is 6.54 Å². The first-order valence-electron chi connectivity index (χ1n) is 7.56. The van der Waals surface area contributed by atoms with Gasteiger partial charge in [0, 0.05) is 13.1 Å². The molecule has 0 unspecified atom stereocenters. The second-order valence-corrected chi connectivity index (χ2v) is 5.58. The van der Waals surface area contributed by atoms with Crippen molar-refractivity contribution >= 4 is 17.1 Å². The van der Waals surface area contributed by atoms with Crippen molar-refractivity contribution < 1.29 is 0 Å². The maximum absolute atomic E-state index is 12.0. The summed E-state index contributed by atoms with van der Waals surface area (Å²) in [4.78, 5) is 25.8.